The van der Waals surface area contributed by atoms with Gasteiger partial charge in [-0.15, -0.1) is 0 Å². The van der Waals surface area contributed by atoms with Gasteiger partial charge in [0.05, 0.1) is 0 Å². The lowest BCUT2D eigenvalue weighted by atomic mass is 10.0. The van der Waals surface area contributed by atoms with Crippen LogP contribution < -0.4 is 0 Å². The van der Waals surface area contributed by atoms with E-state index in [1.54, 1.807) is 6.07 Å². The smallest absolute Gasteiger partial charge is 0.192 e. The van der Waals surface area contributed by atoms with Crippen molar-refractivity contribution < 1.29 is 23.4 Å². The van der Waals surface area contributed by atoms with E-state index in [1.165, 1.54) is 39.3 Å². The van der Waals surface area contributed by atoms with Crippen LogP contribution in [0.5, 0.6) is 0 Å². The van der Waals surface area contributed by atoms with Crippen molar-refractivity contribution in [3.63, 3.8) is 0 Å². The van der Waals surface area contributed by atoms with Gasteiger partial charge >= 0.3 is 0 Å². The third-order valence-electron chi connectivity index (χ3n) is 2.86. The molecule has 1 N–H and O–H groups in total. The summed E-state index contributed by atoms with van der Waals surface area (Å²) in [5.74, 6) is -0.0960. The highest BCUT2D eigenvalue weighted by molar-refractivity contribution is 5.78. The Hall–Kier alpha value is -1.43. The zero-order valence-corrected chi connectivity index (χ0v) is 10.4. The van der Waals surface area contributed by atoms with Crippen LogP contribution in [0.2, 0.25) is 0 Å². The van der Waals surface area contributed by atoms with E-state index in [1.807, 2.05) is 0 Å². The van der Waals surface area contributed by atoms with Crippen LogP contribution in [-0.2, 0) is 15.1 Å². The van der Waals surface area contributed by atoms with E-state index >= 15 is 0 Å². The molecule has 0 aliphatic carbocycles. The highest BCUT2D eigenvalue weighted by atomic mass is 19.1. The van der Waals surface area contributed by atoms with Gasteiger partial charge in [0, 0.05) is 19.6 Å². The zero-order valence-electron chi connectivity index (χ0n) is 10.4. The fraction of sp³-hybridized carbons (Fsp3) is 0.385. The predicted octanol–water partition coefficient (Wildman–Crippen LogP) is 2.40. The molecule has 0 fully saturated rings. The van der Waals surface area contributed by atoms with Gasteiger partial charge in [0.1, 0.15) is 17.2 Å². The van der Waals surface area contributed by atoms with Crippen LogP contribution in [0.3, 0.4) is 0 Å². The molecule has 0 saturated heterocycles. The number of hydrogen-bond acceptors (Lipinski definition) is 4. The molecule has 1 atom stereocenters. The number of benzene rings is 1. The average molecular weight is 254 g/mol. The Labute approximate surface area is 104 Å². The molecule has 4 nitrogen and oxygen atoms in total. The van der Waals surface area contributed by atoms with E-state index in [0.717, 1.165) is 0 Å². The Bertz CT molecular complexity index is 543. The lowest BCUT2D eigenvalue weighted by molar-refractivity contribution is -0.218. The molecule has 2 rings (SSSR count). The molecule has 98 valence electrons. The Balaban J connectivity index is 2.47. The van der Waals surface area contributed by atoms with E-state index in [9.17, 15) is 9.50 Å². The van der Waals surface area contributed by atoms with Crippen molar-refractivity contribution in [3.05, 3.63) is 35.8 Å². The number of furan rings is 1. The van der Waals surface area contributed by atoms with Crippen molar-refractivity contribution in [2.45, 2.75) is 18.8 Å². The van der Waals surface area contributed by atoms with Crippen molar-refractivity contribution in [1.29, 1.82) is 0 Å². The first-order valence-electron chi connectivity index (χ1n) is 5.46. The highest BCUT2D eigenvalue weighted by Crippen LogP contribution is 2.32. The summed E-state index contributed by atoms with van der Waals surface area (Å²) in [4.78, 5) is 0. The van der Waals surface area contributed by atoms with Gasteiger partial charge in [-0.25, -0.2) is 4.39 Å². The van der Waals surface area contributed by atoms with E-state index in [0.29, 0.717) is 11.0 Å². The summed E-state index contributed by atoms with van der Waals surface area (Å²) in [6.07, 6.45) is -0.872. The fourth-order valence-corrected chi connectivity index (χ4v) is 1.93. The van der Waals surface area contributed by atoms with Gasteiger partial charge in [-0.3, -0.25) is 0 Å². The largest absolute Gasteiger partial charge is 0.458 e. The second-order valence-electron chi connectivity index (χ2n) is 4.24. The summed E-state index contributed by atoms with van der Waals surface area (Å²) in [5, 5.41) is 11.0. The maximum absolute atomic E-state index is 13.1. The number of methoxy groups -OCH3 is 2. The maximum atomic E-state index is 13.1. The minimum atomic E-state index is -1.46. The quantitative estimate of drug-likeness (QED) is 0.851. The summed E-state index contributed by atoms with van der Waals surface area (Å²) >= 11 is 0. The van der Waals surface area contributed by atoms with Crippen molar-refractivity contribution in [2.24, 2.45) is 0 Å². The molecule has 1 unspecified atom stereocenters. The summed E-state index contributed by atoms with van der Waals surface area (Å²) in [7, 11) is 2.84. The molecular weight excluding hydrogens is 239 g/mol. The van der Waals surface area contributed by atoms with Crippen LogP contribution in [0.1, 0.15) is 12.7 Å². The zero-order chi connectivity index (χ0) is 13.3. The van der Waals surface area contributed by atoms with Gasteiger partial charge < -0.3 is 19.0 Å². The van der Waals surface area contributed by atoms with Crippen molar-refractivity contribution >= 4 is 11.0 Å². The van der Waals surface area contributed by atoms with Gasteiger partial charge in [-0.2, -0.15) is 0 Å². The molecule has 18 heavy (non-hydrogen) atoms. The summed E-state index contributed by atoms with van der Waals surface area (Å²) in [5.41, 5.74) is -0.962. The van der Waals surface area contributed by atoms with E-state index in [-0.39, 0.29) is 11.6 Å². The third kappa shape index (κ3) is 2.12. The second-order valence-corrected chi connectivity index (χ2v) is 4.24. The monoisotopic (exact) mass is 254 g/mol. The Morgan fingerprint density at radius 1 is 1.28 bits per heavy atom. The first kappa shape index (κ1) is 13.0. The van der Waals surface area contributed by atoms with Gasteiger partial charge in [0.15, 0.2) is 11.9 Å². The molecule has 0 aliphatic rings. The second kappa shape index (κ2) is 4.68. The van der Waals surface area contributed by atoms with Crippen LogP contribution in [0.15, 0.2) is 28.7 Å². The van der Waals surface area contributed by atoms with Crippen LogP contribution in [0.25, 0.3) is 11.0 Å². The number of ether oxygens (including phenoxy) is 2. The summed E-state index contributed by atoms with van der Waals surface area (Å²) in [6, 6.07) is 5.73. The molecule has 1 aromatic heterocycles. The first-order chi connectivity index (χ1) is 8.48. The molecule has 2 aromatic rings. The van der Waals surface area contributed by atoms with Gasteiger partial charge in [-0.1, -0.05) is 0 Å². The van der Waals surface area contributed by atoms with Crippen molar-refractivity contribution in [3.8, 4) is 0 Å². The Morgan fingerprint density at radius 3 is 2.56 bits per heavy atom. The van der Waals surface area contributed by atoms with E-state index < -0.39 is 11.9 Å². The Kier molecular flexibility index (Phi) is 3.38. The van der Waals surface area contributed by atoms with Gasteiger partial charge in [0.2, 0.25) is 0 Å². The normalized spacial score (nSPS) is 15.2. The lowest BCUT2D eigenvalue weighted by Crippen LogP contribution is -2.38. The average Bonchev–Trinajstić information content (AvgIpc) is 2.73. The lowest BCUT2D eigenvalue weighted by Gasteiger charge is -2.28. The SMILES string of the molecule is COC(OC)C(C)(O)c1cc2cc(F)ccc2o1. The molecule has 1 heterocycles. The molecule has 0 bridgehead atoms. The summed E-state index contributed by atoms with van der Waals surface area (Å²) < 4.78 is 28.6. The molecule has 0 spiro atoms. The van der Waals surface area contributed by atoms with Crippen LogP contribution in [0.4, 0.5) is 4.39 Å². The molecular formula is C13H15FO4. The maximum Gasteiger partial charge on any atom is 0.192 e. The molecule has 0 saturated carbocycles. The van der Waals surface area contributed by atoms with E-state index in [4.69, 9.17) is 13.9 Å². The number of halogens is 1. The highest BCUT2D eigenvalue weighted by Gasteiger charge is 2.37. The molecule has 0 amide bonds. The predicted molar refractivity (Wildman–Crippen MR) is 63.5 cm³/mol. The topological polar surface area (TPSA) is 51.8 Å². The van der Waals surface area contributed by atoms with Crippen molar-refractivity contribution in [1.82, 2.24) is 0 Å². The van der Waals surface area contributed by atoms with Gasteiger partial charge in [-0.05, 0) is 31.2 Å². The number of rotatable bonds is 4. The third-order valence-corrected chi connectivity index (χ3v) is 2.86. The molecule has 0 radical (unpaired) electrons. The molecule has 0 aliphatic heterocycles. The number of aliphatic hydroxyl groups is 1. The van der Waals surface area contributed by atoms with Crippen LogP contribution >= 0.6 is 0 Å². The van der Waals surface area contributed by atoms with Crippen LogP contribution in [0, 0.1) is 5.82 Å². The number of fused-ring (bicyclic) bond motifs is 1. The standard InChI is InChI=1S/C13H15FO4/c1-13(15,12(16-2)17-3)11-7-8-6-9(14)4-5-10(8)18-11/h4-7,12,15H,1-3H3. The minimum Gasteiger partial charge on any atom is -0.458 e. The van der Waals surface area contributed by atoms with E-state index in [2.05, 4.69) is 0 Å². The van der Waals surface area contributed by atoms with Crippen molar-refractivity contribution in [2.75, 3.05) is 14.2 Å². The van der Waals surface area contributed by atoms with Crippen LogP contribution in [-0.4, -0.2) is 25.6 Å². The summed E-state index contributed by atoms with van der Waals surface area (Å²) in [6.45, 7) is 1.51. The molecule has 1 aromatic carbocycles. The molecule has 5 heteroatoms. The fourth-order valence-electron chi connectivity index (χ4n) is 1.93. The number of hydrogen-bond donors (Lipinski definition) is 1. The minimum absolute atomic E-state index is 0.261. The Morgan fingerprint density at radius 2 is 1.94 bits per heavy atom. The first-order valence-corrected chi connectivity index (χ1v) is 5.46. The van der Waals surface area contributed by atoms with Gasteiger partial charge in [0.25, 0.3) is 0 Å².